The van der Waals surface area contributed by atoms with Crippen LogP contribution in [0.1, 0.15) is 22.8 Å². The van der Waals surface area contributed by atoms with Gasteiger partial charge in [-0.3, -0.25) is 4.72 Å². The normalized spacial score (nSPS) is 11.3. The minimum Gasteiger partial charge on any atom is -0.478 e. The van der Waals surface area contributed by atoms with E-state index in [-0.39, 0.29) is 26.2 Å². The van der Waals surface area contributed by atoms with Crippen molar-refractivity contribution in [3.8, 4) is 0 Å². The summed E-state index contributed by atoms with van der Waals surface area (Å²) in [5.41, 5.74) is 0.642. The van der Waals surface area contributed by atoms with Gasteiger partial charge in [0.2, 0.25) is 0 Å². The van der Waals surface area contributed by atoms with Gasteiger partial charge >= 0.3 is 5.97 Å². The molecule has 0 fully saturated rings. The Morgan fingerprint density at radius 2 is 1.74 bits per heavy atom. The number of rotatable bonds is 5. The number of hydrogen-bond acceptors (Lipinski definition) is 3. The molecule has 0 saturated carbocycles. The minimum absolute atomic E-state index is 0.0224. The molecule has 122 valence electrons. The second-order valence-corrected chi connectivity index (χ2v) is 7.30. The molecule has 0 aromatic heterocycles. The third kappa shape index (κ3) is 4.16. The number of aromatic carboxylic acids is 1. The topological polar surface area (TPSA) is 83.5 Å². The third-order valence-corrected chi connectivity index (χ3v) is 4.89. The zero-order valence-corrected chi connectivity index (χ0v) is 14.3. The van der Waals surface area contributed by atoms with Gasteiger partial charge in [0, 0.05) is 10.0 Å². The highest BCUT2D eigenvalue weighted by Gasteiger charge is 2.20. The van der Waals surface area contributed by atoms with Gasteiger partial charge in [-0.2, -0.15) is 0 Å². The smallest absolute Gasteiger partial charge is 0.337 e. The molecule has 0 spiro atoms. The molecule has 2 N–H and O–H groups in total. The summed E-state index contributed by atoms with van der Waals surface area (Å²) >= 11 is 11.6. The lowest BCUT2D eigenvalue weighted by Gasteiger charge is -2.12. The second kappa shape index (κ2) is 6.78. The van der Waals surface area contributed by atoms with Crippen molar-refractivity contribution in [1.29, 1.82) is 0 Å². The highest BCUT2D eigenvalue weighted by atomic mass is 35.5. The van der Waals surface area contributed by atoms with Gasteiger partial charge < -0.3 is 5.11 Å². The van der Waals surface area contributed by atoms with Gasteiger partial charge in [-0.15, -0.1) is 0 Å². The Hall–Kier alpha value is -1.76. The minimum atomic E-state index is -4.02. The molecule has 8 heteroatoms. The van der Waals surface area contributed by atoms with E-state index in [1.165, 1.54) is 30.3 Å². The second-order valence-electron chi connectivity index (χ2n) is 4.75. The van der Waals surface area contributed by atoms with Crippen LogP contribution in [-0.4, -0.2) is 19.5 Å². The summed E-state index contributed by atoms with van der Waals surface area (Å²) in [6.45, 7) is 1.87. The summed E-state index contributed by atoms with van der Waals surface area (Å²) in [5.74, 6) is -1.22. The number of benzene rings is 2. The first-order chi connectivity index (χ1) is 10.7. The number of aryl methyl sites for hydroxylation is 1. The van der Waals surface area contributed by atoms with Crippen molar-refractivity contribution >= 4 is 44.9 Å². The number of nitrogens with one attached hydrogen (secondary N) is 1. The lowest BCUT2D eigenvalue weighted by molar-refractivity contribution is 0.0698. The molecule has 0 heterocycles. The summed E-state index contributed by atoms with van der Waals surface area (Å²) in [5, 5.41) is 9.59. The quantitative estimate of drug-likeness (QED) is 0.827. The molecule has 5 nitrogen and oxygen atoms in total. The Kier molecular flexibility index (Phi) is 5.19. The Labute approximate surface area is 143 Å². The molecule has 0 saturated heterocycles. The maximum absolute atomic E-state index is 12.4. The van der Waals surface area contributed by atoms with E-state index in [0.29, 0.717) is 6.42 Å². The van der Waals surface area contributed by atoms with Crippen LogP contribution in [0.25, 0.3) is 0 Å². The van der Waals surface area contributed by atoms with Gasteiger partial charge in [-0.1, -0.05) is 36.2 Å². The van der Waals surface area contributed by atoms with E-state index in [2.05, 4.69) is 4.72 Å². The molecular formula is C15H13Cl2NO4S. The molecule has 2 rings (SSSR count). The van der Waals surface area contributed by atoms with Crippen LogP contribution in [0, 0.1) is 0 Å². The Balaban J connectivity index is 2.46. The van der Waals surface area contributed by atoms with Crippen molar-refractivity contribution in [2.24, 2.45) is 0 Å². The van der Waals surface area contributed by atoms with Crippen molar-refractivity contribution in [3.63, 3.8) is 0 Å². The summed E-state index contributed by atoms with van der Waals surface area (Å²) < 4.78 is 27.1. The van der Waals surface area contributed by atoms with Crippen molar-refractivity contribution in [1.82, 2.24) is 0 Å². The van der Waals surface area contributed by atoms with E-state index in [1.807, 2.05) is 6.92 Å². The van der Waals surface area contributed by atoms with Gasteiger partial charge in [0.05, 0.1) is 16.1 Å². The number of anilines is 1. The monoisotopic (exact) mass is 373 g/mol. The molecule has 0 aliphatic carbocycles. The van der Waals surface area contributed by atoms with Gasteiger partial charge in [-0.25, -0.2) is 13.2 Å². The first-order valence-corrected chi connectivity index (χ1v) is 8.82. The van der Waals surface area contributed by atoms with E-state index < -0.39 is 16.0 Å². The van der Waals surface area contributed by atoms with E-state index in [1.54, 1.807) is 6.07 Å². The fourth-order valence-electron chi connectivity index (χ4n) is 1.96. The van der Waals surface area contributed by atoms with Crippen molar-refractivity contribution in [2.45, 2.75) is 18.2 Å². The molecule has 0 aliphatic rings. The van der Waals surface area contributed by atoms with Crippen LogP contribution in [0.4, 0.5) is 5.69 Å². The Morgan fingerprint density at radius 3 is 2.26 bits per heavy atom. The summed E-state index contributed by atoms with van der Waals surface area (Å²) in [6, 6.07) is 8.39. The SMILES string of the molecule is CCc1ccc(NS(=O)(=O)c2cc(Cl)cc(Cl)c2)c(C(=O)O)c1. The summed E-state index contributed by atoms with van der Waals surface area (Å²) in [6.07, 6.45) is 0.636. The van der Waals surface area contributed by atoms with Crippen molar-refractivity contribution < 1.29 is 18.3 Å². The average Bonchev–Trinajstić information content (AvgIpc) is 2.46. The highest BCUT2D eigenvalue weighted by Crippen LogP contribution is 2.26. The maximum atomic E-state index is 12.4. The number of hydrogen-bond donors (Lipinski definition) is 2. The average molecular weight is 374 g/mol. The fraction of sp³-hybridized carbons (Fsp3) is 0.133. The van der Waals surface area contributed by atoms with Crippen LogP contribution < -0.4 is 4.72 Å². The van der Waals surface area contributed by atoms with Crippen molar-refractivity contribution in [2.75, 3.05) is 4.72 Å². The van der Waals surface area contributed by atoms with Crippen LogP contribution in [-0.2, 0) is 16.4 Å². The Morgan fingerprint density at radius 1 is 1.13 bits per heavy atom. The number of carboxylic acids is 1. The zero-order valence-electron chi connectivity index (χ0n) is 12.0. The van der Waals surface area contributed by atoms with Gasteiger partial charge in [-0.05, 0) is 42.3 Å². The van der Waals surface area contributed by atoms with E-state index >= 15 is 0 Å². The van der Waals surface area contributed by atoms with Crippen LogP contribution in [0.5, 0.6) is 0 Å². The van der Waals surface area contributed by atoms with Crippen LogP contribution in [0.2, 0.25) is 10.0 Å². The predicted molar refractivity (Wildman–Crippen MR) is 90.0 cm³/mol. The van der Waals surface area contributed by atoms with E-state index in [9.17, 15) is 18.3 Å². The van der Waals surface area contributed by atoms with Crippen LogP contribution in [0.15, 0.2) is 41.3 Å². The third-order valence-electron chi connectivity index (χ3n) is 3.11. The van der Waals surface area contributed by atoms with Gasteiger partial charge in [0.25, 0.3) is 10.0 Å². The molecule has 2 aromatic rings. The maximum Gasteiger partial charge on any atom is 0.337 e. The number of sulfonamides is 1. The Bertz CT molecular complexity index is 846. The summed E-state index contributed by atoms with van der Waals surface area (Å²) in [7, 11) is -4.02. The molecule has 2 aromatic carbocycles. The zero-order chi connectivity index (χ0) is 17.2. The van der Waals surface area contributed by atoms with Crippen molar-refractivity contribution in [3.05, 3.63) is 57.6 Å². The lowest BCUT2D eigenvalue weighted by atomic mass is 10.1. The van der Waals surface area contributed by atoms with Crippen LogP contribution >= 0.6 is 23.2 Å². The molecule has 0 radical (unpaired) electrons. The van der Waals surface area contributed by atoms with Gasteiger partial charge in [0.1, 0.15) is 0 Å². The highest BCUT2D eigenvalue weighted by molar-refractivity contribution is 7.92. The summed E-state index contributed by atoms with van der Waals surface area (Å²) in [4.78, 5) is 11.2. The first kappa shape index (κ1) is 17.6. The molecular weight excluding hydrogens is 361 g/mol. The molecule has 23 heavy (non-hydrogen) atoms. The number of halogens is 2. The number of carbonyl (C=O) groups is 1. The van der Waals surface area contributed by atoms with Crippen LogP contribution in [0.3, 0.4) is 0 Å². The molecule has 0 aliphatic heterocycles. The standard InChI is InChI=1S/C15H13Cl2NO4S/c1-2-9-3-4-14(13(5-9)15(19)20)18-23(21,22)12-7-10(16)6-11(17)8-12/h3-8,18H,2H2,1H3,(H,19,20). The lowest BCUT2D eigenvalue weighted by Crippen LogP contribution is -2.16. The predicted octanol–water partition coefficient (Wildman–Crippen LogP) is 4.05. The molecule has 0 amide bonds. The molecule has 0 bridgehead atoms. The number of carboxylic acid groups (broad SMARTS) is 1. The van der Waals surface area contributed by atoms with Gasteiger partial charge in [0.15, 0.2) is 0 Å². The fourth-order valence-corrected chi connectivity index (χ4v) is 3.77. The van der Waals surface area contributed by atoms with E-state index in [4.69, 9.17) is 23.2 Å². The largest absolute Gasteiger partial charge is 0.478 e. The van der Waals surface area contributed by atoms with E-state index in [0.717, 1.165) is 5.56 Å². The first-order valence-electron chi connectivity index (χ1n) is 6.58. The molecule has 0 unspecified atom stereocenters. The molecule has 0 atom stereocenters.